The van der Waals surface area contributed by atoms with Gasteiger partial charge >= 0.3 is 0 Å². The van der Waals surface area contributed by atoms with Crippen LogP contribution in [0.4, 0.5) is 0 Å². The van der Waals surface area contributed by atoms with Crippen molar-refractivity contribution >= 4 is 11.1 Å². The van der Waals surface area contributed by atoms with E-state index in [0.717, 1.165) is 23.9 Å². The summed E-state index contributed by atoms with van der Waals surface area (Å²) in [7, 11) is 0. The van der Waals surface area contributed by atoms with Crippen molar-refractivity contribution in [1.29, 1.82) is 0 Å². The van der Waals surface area contributed by atoms with E-state index >= 15 is 0 Å². The van der Waals surface area contributed by atoms with Gasteiger partial charge in [0.2, 0.25) is 0 Å². The summed E-state index contributed by atoms with van der Waals surface area (Å²) in [6.07, 6.45) is 5.88. The van der Waals surface area contributed by atoms with Crippen LogP contribution in [0.5, 0.6) is 0 Å². The number of nitrogens with zero attached hydrogens (tertiary/aromatic N) is 1. The van der Waals surface area contributed by atoms with Gasteiger partial charge in [0.15, 0.2) is 5.58 Å². The Kier molecular flexibility index (Phi) is 0.799. The quantitative estimate of drug-likeness (QED) is 0.566. The molecule has 54 valence electrons. The summed E-state index contributed by atoms with van der Waals surface area (Å²) in [6, 6.07) is 2.04. The standard InChI is InChI=1S/C9H7NO/c1-2-7-5-11-9-6(1)3-4-10-8(7)9/h3-5H,1-2H2. The smallest absolute Gasteiger partial charge is 0.155 e. The number of furan rings is 1. The van der Waals surface area contributed by atoms with Crippen LogP contribution in [0.25, 0.3) is 11.1 Å². The molecule has 2 nitrogen and oxygen atoms in total. The molecule has 2 heterocycles. The van der Waals surface area contributed by atoms with Crippen molar-refractivity contribution in [3.8, 4) is 0 Å². The van der Waals surface area contributed by atoms with Gasteiger partial charge in [0.1, 0.15) is 5.52 Å². The highest BCUT2D eigenvalue weighted by molar-refractivity contribution is 5.81. The molecule has 0 radical (unpaired) electrons. The van der Waals surface area contributed by atoms with Crippen molar-refractivity contribution < 1.29 is 4.42 Å². The van der Waals surface area contributed by atoms with Crippen LogP contribution in [0.2, 0.25) is 0 Å². The molecular formula is C9H7NO. The molecule has 0 saturated carbocycles. The molecule has 2 aromatic rings. The Labute approximate surface area is 63.9 Å². The molecule has 0 fully saturated rings. The van der Waals surface area contributed by atoms with E-state index in [-0.39, 0.29) is 0 Å². The van der Waals surface area contributed by atoms with E-state index in [1.807, 2.05) is 18.5 Å². The fourth-order valence-corrected chi connectivity index (χ4v) is 1.68. The largest absolute Gasteiger partial charge is 0.462 e. The lowest BCUT2D eigenvalue weighted by atomic mass is 10.0. The highest BCUT2D eigenvalue weighted by Gasteiger charge is 2.16. The monoisotopic (exact) mass is 145 g/mol. The SMILES string of the molecule is c1cc2c3occ(c3n1)CC2. The van der Waals surface area contributed by atoms with Gasteiger partial charge in [0.05, 0.1) is 6.26 Å². The van der Waals surface area contributed by atoms with Gasteiger partial charge in [-0.05, 0) is 24.5 Å². The normalized spacial score (nSPS) is 14.5. The summed E-state index contributed by atoms with van der Waals surface area (Å²) in [5, 5.41) is 0. The highest BCUT2D eigenvalue weighted by atomic mass is 16.3. The van der Waals surface area contributed by atoms with Crippen molar-refractivity contribution in [2.45, 2.75) is 12.8 Å². The molecule has 0 aliphatic heterocycles. The minimum Gasteiger partial charge on any atom is -0.462 e. The molecule has 0 amide bonds. The third kappa shape index (κ3) is 0.546. The van der Waals surface area contributed by atoms with Gasteiger partial charge in [0.25, 0.3) is 0 Å². The second-order valence-electron chi connectivity index (χ2n) is 2.91. The number of rotatable bonds is 0. The van der Waals surface area contributed by atoms with Gasteiger partial charge in [-0.2, -0.15) is 0 Å². The molecule has 4 bridgehead atoms. The molecular weight excluding hydrogens is 138 g/mol. The van der Waals surface area contributed by atoms with Gasteiger partial charge in [-0.25, -0.2) is 0 Å². The highest BCUT2D eigenvalue weighted by Crippen LogP contribution is 2.28. The van der Waals surface area contributed by atoms with Gasteiger partial charge in [0, 0.05) is 11.8 Å². The molecule has 1 aliphatic carbocycles. The Morgan fingerprint density at radius 2 is 2.18 bits per heavy atom. The van der Waals surface area contributed by atoms with Crippen LogP contribution >= 0.6 is 0 Å². The third-order valence-corrected chi connectivity index (χ3v) is 2.27. The van der Waals surface area contributed by atoms with Crippen LogP contribution in [0, 0.1) is 0 Å². The van der Waals surface area contributed by atoms with Crippen molar-refractivity contribution in [3.05, 3.63) is 29.7 Å². The summed E-state index contributed by atoms with van der Waals surface area (Å²) in [6.45, 7) is 0. The lowest BCUT2D eigenvalue weighted by Crippen LogP contribution is -1.97. The van der Waals surface area contributed by atoms with Crippen LogP contribution in [-0.2, 0) is 12.8 Å². The molecule has 0 N–H and O–H groups in total. The first-order valence-electron chi connectivity index (χ1n) is 3.79. The summed E-state index contributed by atoms with van der Waals surface area (Å²) in [5.41, 5.74) is 4.61. The van der Waals surface area contributed by atoms with Crippen LogP contribution < -0.4 is 0 Å². The number of hydrogen-bond donors (Lipinski definition) is 0. The summed E-state index contributed by atoms with van der Waals surface area (Å²) < 4.78 is 5.38. The Morgan fingerprint density at radius 1 is 1.27 bits per heavy atom. The molecule has 1 aliphatic rings. The van der Waals surface area contributed by atoms with Gasteiger partial charge < -0.3 is 4.42 Å². The summed E-state index contributed by atoms with van der Waals surface area (Å²) in [4.78, 5) is 4.26. The Balaban J connectivity index is 2.64. The Hall–Kier alpha value is -1.31. The second kappa shape index (κ2) is 1.64. The zero-order valence-electron chi connectivity index (χ0n) is 6.00. The van der Waals surface area contributed by atoms with E-state index < -0.39 is 0 Å². The van der Waals surface area contributed by atoms with Crippen molar-refractivity contribution in [2.75, 3.05) is 0 Å². The average Bonchev–Trinajstić information content (AvgIpc) is 2.28. The van der Waals surface area contributed by atoms with Crippen LogP contribution in [0.1, 0.15) is 11.1 Å². The first-order chi connectivity index (χ1) is 5.45. The predicted octanol–water partition coefficient (Wildman–Crippen LogP) is 1.93. The van der Waals surface area contributed by atoms with E-state index in [1.165, 1.54) is 11.1 Å². The molecule has 0 aromatic carbocycles. The predicted molar refractivity (Wildman–Crippen MR) is 41.4 cm³/mol. The second-order valence-corrected chi connectivity index (χ2v) is 2.91. The molecule has 11 heavy (non-hydrogen) atoms. The summed E-state index contributed by atoms with van der Waals surface area (Å²) >= 11 is 0. The van der Waals surface area contributed by atoms with Crippen LogP contribution in [0.3, 0.4) is 0 Å². The van der Waals surface area contributed by atoms with Gasteiger partial charge in [-0.3, -0.25) is 4.98 Å². The molecule has 3 rings (SSSR count). The zero-order chi connectivity index (χ0) is 7.26. The fraction of sp³-hybridized carbons (Fsp3) is 0.222. The first kappa shape index (κ1) is 5.35. The molecule has 0 spiro atoms. The molecule has 0 atom stereocenters. The minimum absolute atomic E-state index is 0.994. The van der Waals surface area contributed by atoms with Crippen molar-refractivity contribution in [2.24, 2.45) is 0 Å². The lowest BCUT2D eigenvalue weighted by Gasteiger charge is -2.05. The number of hydrogen-bond acceptors (Lipinski definition) is 2. The van der Waals surface area contributed by atoms with Crippen LogP contribution in [-0.4, -0.2) is 4.98 Å². The Morgan fingerprint density at radius 3 is 3.09 bits per heavy atom. The molecule has 0 unspecified atom stereocenters. The van der Waals surface area contributed by atoms with Gasteiger partial charge in [-0.15, -0.1) is 0 Å². The van der Waals surface area contributed by atoms with Crippen LogP contribution in [0.15, 0.2) is 22.9 Å². The molecule has 0 saturated heterocycles. The zero-order valence-corrected chi connectivity index (χ0v) is 6.00. The maximum Gasteiger partial charge on any atom is 0.155 e. The molecule has 2 heteroatoms. The van der Waals surface area contributed by atoms with Crippen molar-refractivity contribution in [3.63, 3.8) is 0 Å². The van der Waals surface area contributed by atoms with Gasteiger partial charge in [-0.1, -0.05) is 0 Å². The van der Waals surface area contributed by atoms with E-state index in [2.05, 4.69) is 4.98 Å². The minimum atomic E-state index is 0.994. The summed E-state index contributed by atoms with van der Waals surface area (Å²) in [5.74, 6) is 0. The first-order valence-corrected chi connectivity index (χ1v) is 3.79. The Bertz CT molecular complexity index is 416. The fourth-order valence-electron chi connectivity index (χ4n) is 1.68. The number of aryl methyl sites for hydroxylation is 2. The van der Waals surface area contributed by atoms with E-state index in [1.54, 1.807) is 0 Å². The molecule has 2 aromatic heterocycles. The topological polar surface area (TPSA) is 26.0 Å². The average molecular weight is 145 g/mol. The maximum absolute atomic E-state index is 5.38. The van der Waals surface area contributed by atoms with E-state index in [0.29, 0.717) is 0 Å². The number of pyridine rings is 1. The van der Waals surface area contributed by atoms with Crippen molar-refractivity contribution in [1.82, 2.24) is 4.98 Å². The lowest BCUT2D eigenvalue weighted by molar-refractivity contribution is 0.613. The number of aromatic nitrogens is 1. The third-order valence-electron chi connectivity index (χ3n) is 2.27. The maximum atomic E-state index is 5.38. The van der Waals surface area contributed by atoms with E-state index in [4.69, 9.17) is 4.42 Å². The van der Waals surface area contributed by atoms with E-state index in [9.17, 15) is 0 Å².